The van der Waals surface area contributed by atoms with Gasteiger partial charge in [0.05, 0.1) is 5.69 Å². The van der Waals surface area contributed by atoms with Crippen molar-refractivity contribution in [2.45, 2.75) is 34.6 Å². The number of nitrogens with zero attached hydrogens (tertiary/aromatic N) is 4. The van der Waals surface area contributed by atoms with Crippen molar-refractivity contribution in [3.8, 4) is 56.6 Å². The van der Waals surface area contributed by atoms with Gasteiger partial charge >= 0.3 is 20.4 Å². The molecule has 9 rings (SSSR count). The first-order valence-corrected chi connectivity index (χ1v) is 18.3. The SMILES string of the molecule is Cc1ccnc(-n2c3[c-]c(Oc4[c-]c(-n5nc(-c6ccccc6)c(-c6c(C)c(C)cc(C)c6C)c5-c5ccccc5)ccc4)ccc3c3ccccc32)c1.[Pd+2]. The number of ether oxygens (including phenoxy) is 1. The van der Waals surface area contributed by atoms with Gasteiger partial charge in [0.1, 0.15) is 11.5 Å². The molecule has 55 heavy (non-hydrogen) atoms. The van der Waals surface area contributed by atoms with E-state index in [2.05, 4.69) is 148 Å². The molecule has 3 aromatic heterocycles. The number of rotatable bonds is 7. The Hall–Kier alpha value is -6.06. The number of aromatic nitrogens is 4. The second-order valence-corrected chi connectivity index (χ2v) is 14.0. The minimum Gasteiger partial charge on any atom is -0.509 e. The number of hydrogen-bond donors (Lipinski definition) is 0. The Bertz CT molecular complexity index is 2830. The maximum Gasteiger partial charge on any atom is 2.00 e. The van der Waals surface area contributed by atoms with Crippen LogP contribution in [-0.4, -0.2) is 19.3 Å². The number of fused-ring (bicyclic) bond motifs is 3. The maximum atomic E-state index is 6.59. The standard InChI is InChI=1S/C49H38N4O.Pd/c1-31-25-26-50-45(27-31)52-43-22-13-12-21-41(43)42-24-23-40(30-44(42)52)54-39-20-14-19-38(29-39)53-49(37-17-10-7-11-18-37)47(48(51-53)36-15-8-6-9-16-36)46-34(4)32(2)28-33(3)35(46)5;/h6-28H,1-5H3;/q-2;+2. The van der Waals surface area contributed by atoms with Gasteiger partial charge < -0.3 is 9.30 Å². The van der Waals surface area contributed by atoms with Crippen LogP contribution in [0.1, 0.15) is 27.8 Å². The van der Waals surface area contributed by atoms with Gasteiger partial charge in [-0.15, -0.1) is 35.7 Å². The third-order valence-corrected chi connectivity index (χ3v) is 10.5. The minimum atomic E-state index is 0. The zero-order valence-corrected chi connectivity index (χ0v) is 32.8. The fraction of sp³-hybridized carbons (Fsp3) is 0.102. The monoisotopic (exact) mass is 804 g/mol. The van der Waals surface area contributed by atoms with Crippen molar-refractivity contribution < 1.29 is 25.2 Å². The van der Waals surface area contributed by atoms with Crippen molar-refractivity contribution >= 4 is 21.8 Å². The summed E-state index contributed by atoms with van der Waals surface area (Å²) in [6, 6.07) is 53.0. The van der Waals surface area contributed by atoms with E-state index in [1.54, 1.807) is 0 Å². The first-order valence-electron chi connectivity index (χ1n) is 18.3. The number of benzene rings is 6. The summed E-state index contributed by atoms with van der Waals surface area (Å²) in [5, 5.41) is 7.64. The van der Waals surface area contributed by atoms with Crippen molar-refractivity contribution in [1.29, 1.82) is 0 Å². The zero-order chi connectivity index (χ0) is 36.9. The molecule has 270 valence electrons. The molecule has 0 radical (unpaired) electrons. The van der Waals surface area contributed by atoms with E-state index in [1.165, 1.54) is 27.8 Å². The second-order valence-electron chi connectivity index (χ2n) is 14.0. The summed E-state index contributed by atoms with van der Waals surface area (Å²) in [7, 11) is 0. The number of para-hydroxylation sites is 1. The van der Waals surface area contributed by atoms with E-state index >= 15 is 0 Å². The van der Waals surface area contributed by atoms with Crippen LogP contribution in [0.25, 0.3) is 67.0 Å². The van der Waals surface area contributed by atoms with E-state index in [1.807, 2.05) is 47.3 Å². The summed E-state index contributed by atoms with van der Waals surface area (Å²) in [5.74, 6) is 1.99. The quantitative estimate of drug-likeness (QED) is 0.119. The smallest absolute Gasteiger partial charge is 0.509 e. The van der Waals surface area contributed by atoms with Gasteiger partial charge in [0.2, 0.25) is 0 Å². The molecule has 6 aromatic carbocycles. The van der Waals surface area contributed by atoms with Crippen LogP contribution in [0, 0.1) is 46.8 Å². The fourth-order valence-electron chi connectivity index (χ4n) is 7.63. The van der Waals surface area contributed by atoms with Crippen LogP contribution in [0.2, 0.25) is 0 Å². The van der Waals surface area contributed by atoms with E-state index in [9.17, 15) is 0 Å². The van der Waals surface area contributed by atoms with Crippen LogP contribution in [-0.2, 0) is 20.4 Å². The topological polar surface area (TPSA) is 44.9 Å². The molecule has 0 bridgehead atoms. The Morgan fingerprint density at radius 3 is 1.98 bits per heavy atom. The van der Waals surface area contributed by atoms with Crippen molar-refractivity contribution in [2.75, 3.05) is 0 Å². The first-order chi connectivity index (χ1) is 26.4. The van der Waals surface area contributed by atoms with Gasteiger partial charge in [-0.1, -0.05) is 90.4 Å². The number of aryl methyl sites for hydroxylation is 3. The summed E-state index contributed by atoms with van der Waals surface area (Å²) < 4.78 is 10.8. The van der Waals surface area contributed by atoms with Crippen LogP contribution in [0.3, 0.4) is 0 Å². The molecule has 0 fully saturated rings. The van der Waals surface area contributed by atoms with Crippen LogP contribution >= 0.6 is 0 Å². The predicted octanol–water partition coefficient (Wildman–Crippen LogP) is 12.3. The van der Waals surface area contributed by atoms with E-state index in [-0.39, 0.29) is 20.4 Å². The second kappa shape index (κ2) is 14.6. The molecular formula is C49H38N4OPd. The molecule has 0 spiro atoms. The summed E-state index contributed by atoms with van der Waals surface area (Å²) in [4.78, 5) is 4.73. The average molecular weight is 805 g/mol. The fourth-order valence-corrected chi connectivity index (χ4v) is 7.63. The van der Waals surface area contributed by atoms with Crippen LogP contribution in [0.5, 0.6) is 11.5 Å². The Morgan fingerprint density at radius 2 is 1.25 bits per heavy atom. The maximum absolute atomic E-state index is 6.59. The molecule has 5 nitrogen and oxygen atoms in total. The van der Waals surface area contributed by atoms with Gasteiger partial charge in [-0.3, -0.25) is 4.68 Å². The molecule has 3 heterocycles. The Balaban J connectivity index is 0.00000427. The first kappa shape index (κ1) is 35.9. The molecule has 9 aromatic rings. The van der Waals surface area contributed by atoms with E-state index in [0.29, 0.717) is 11.5 Å². The van der Waals surface area contributed by atoms with E-state index in [4.69, 9.17) is 14.8 Å². The Labute approximate surface area is 335 Å². The van der Waals surface area contributed by atoms with Crippen LogP contribution in [0.15, 0.2) is 140 Å². The summed E-state index contributed by atoms with van der Waals surface area (Å²) in [6.07, 6.45) is 1.85. The van der Waals surface area contributed by atoms with Crippen molar-refractivity contribution in [1.82, 2.24) is 19.3 Å². The third-order valence-electron chi connectivity index (χ3n) is 10.5. The minimum absolute atomic E-state index is 0. The van der Waals surface area contributed by atoms with E-state index < -0.39 is 0 Å². The summed E-state index contributed by atoms with van der Waals surface area (Å²) in [6.45, 7) is 10.9. The van der Waals surface area contributed by atoms with Crippen LogP contribution in [0.4, 0.5) is 0 Å². The third kappa shape index (κ3) is 6.38. The zero-order valence-electron chi connectivity index (χ0n) is 31.3. The molecule has 0 aliphatic carbocycles. The van der Waals surface area contributed by atoms with Crippen molar-refractivity contribution in [3.05, 3.63) is 180 Å². The van der Waals surface area contributed by atoms with Gasteiger partial charge in [-0.05, 0) is 97.3 Å². The van der Waals surface area contributed by atoms with Gasteiger partial charge in [0.15, 0.2) is 0 Å². The molecular weight excluding hydrogens is 767 g/mol. The Morgan fingerprint density at radius 1 is 0.582 bits per heavy atom. The molecule has 6 heteroatoms. The Kier molecular flexibility index (Phi) is 9.57. The normalized spacial score (nSPS) is 11.2. The molecule has 0 saturated carbocycles. The van der Waals surface area contributed by atoms with Gasteiger partial charge in [-0.25, -0.2) is 4.98 Å². The molecule has 0 aliphatic rings. The largest absolute Gasteiger partial charge is 2.00 e. The molecule has 0 unspecified atom stereocenters. The van der Waals surface area contributed by atoms with Crippen molar-refractivity contribution in [3.63, 3.8) is 0 Å². The van der Waals surface area contributed by atoms with Crippen LogP contribution < -0.4 is 4.74 Å². The number of hydrogen-bond acceptors (Lipinski definition) is 3. The molecule has 0 atom stereocenters. The summed E-state index contributed by atoms with van der Waals surface area (Å²) in [5.41, 5.74) is 15.2. The molecule has 0 saturated heterocycles. The predicted molar refractivity (Wildman–Crippen MR) is 220 cm³/mol. The van der Waals surface area contributed by atoms with Gasteiger partial charge in [-0.2, -0.15) is 17.2 Å². The average Bonchev–Trinajstić information content (AvgIpc) is 3.74. The van der Waals surface area contributed by atoms with Crippen molar-refractivity contribution in [2.24, 2.45) is 0 Å². The van der Waals surface area contributed by atoms with Gasteiger partial charge in [0.25, 0.3) is 0 Å². The molecule has 0 N–H and O–H groups in total. The molecule has 0 aliphatic heterocycles. The molecule has 0 amide bonds. The summed E-state index contributed by atoms with van der Waals surface area (Å²) >= 11 is 0. The number of pyridine rings is 1. The van der Waals surface area contributed by atoms with E-state index in [0.717, 1.165) is 67.0 Å². The van der Waals surface area contributed by atoms with Gasteiger partial charge in [0, 0.05) is 39.9 Å².